The van der Waals surface area contributed by atoms with Crippen molar-refractivity contribution in [2.24, 2.45) is 23.7 Å². The molecular formula is C51H73NO12. The van der Waals surface area contributed by atoms with Gasteiger partial charge in [-0.05, 0) is 108 Å². The minimum absolute atomic E-state index is 0.0195. The van der Waals surface area contributed by atoms with Crippen molar-refractivity contribution in [3.63, 3.8) is 0 Å². The predicted octanol–water partition coefficient (Wildman–Crippen LogP) is 7.15. The van der Waals surface area contributed by atoms with Gasteiger partial charge >= 0.3 is 5.97 Å². The van der Waals surface area contributed by atoms with E-state index < -0.39 is 71.8 Å². The maximum absolute atomic E-state index is 14.3. The maximum Gasteiger partial charge on any atom is 0.329 e. The van der Waals surface area contributed by atoms with Gasteiger partial charge in [0.15, 0.2) is 5.78 Å². The summed E-state index contributed by atoms with van der Waals surface area (Å²) in [5.74, 6) is -6.92. The van der Waals surface area contributed by atoms with Gasteiger partial charge in [-0.25, -0.2) is 4.79 Å². The van der Waals surface area contributed by atoms with Gasteiger partial charge in [-0.1, -0.05) is 74.4 Å². The molecule has 2 saturated heterocycles. The van der Waals surface area contributed by atoms with Gasteiger partial charge in [0.05, 0.1) is 24.4 Å². The lowest BCUT2D eigenvalue weighted by Gasteiger charge is -2.47. The van der Waals surface area contributed by atoms with E-state index in [4.69, 9.17) is 23.7 Å². The molecule has 1 amide bonds. The molecule has 3 heterocycles. The molecule has 0 spiro atoms. The Bertz CT molecular complexity index is 1870. The molecule has 1 aromatic rings. The minimum atomic E-state index is -2.51. The average Bonchev–Trinajstić information content (AvgIpc) is 3.27. The fraction of sp³-hybridized carbons (Fsp3) is 0.667. The van der Waals surface area contributed by atoms with Crippen LogP contribution in [-0.2, 0) is 42.9 Å². The number of hydrogen-bond acceptors (Lipinski definition) is 12. The van der Waals surface area contributed by atoms with Crippen LogP contribution in [0.1, 0.15) is 134 Å². The zero-order chi connectivity index (χ0) is 46.7. The summed E-state index contributed by atoms with van der Waals surface area (Å²) in [6.45, 7) is 9.12. The first-order valence-corrected chi connectivity index (χ1v) is 23.4. The van der Waals surface area contributed by atoms with Crippen LogP contribution in [0, 0.1) is 23.7 Å². The molecule has 1 aliphatic carbocycles. The number of allylic oxidation sites excluding steroid dienone is 4. The van der Waals surface area contributed by atoms with Crippen molar-refractivity contribution < 1.29 is 57.9 Å². The van der Waals surface area contributed by atoms with Crippen LogP contribution in [0.5, 0.6) is 0 Å². The van der Waals surface area contributed by atoms with Crippen LogP contribution in [0.15, 0.2) is 53.6 Å². The molecule has 0 radical (unpaired) electrons. The number of methoxy groups -OCH3 is 3. The van der Waals surface area contributed by atoms with Crippen molar-refractivity contribution in [2.75, 3.05) is 27.9 Å². The van der Waals surface area contributed by atoms with Crippen LogP contribution in [0.2, 0.25) is 0 Å². The number of aliphatic hydroxyl groups is 2. The Morgan fingerprint density at radius 2 is 1.59 bits per heavy atom. The molecule has 13 nitrogen and oxygen atoms in total. The molecule has 1 saturated carbocycles. The first-order chi connectivity index (χ1) is 30.5. The summed E-state index contributed by atoms with van der Waals surface area (Å²) in [5.41, 5.74) is 3.15. The van der Waals surface area contributed by atoms with Crippen molar-refractivity contribution in [1.29, 1.82) is 0 Å². The van der Waals surface area contributed by atoms with Crippen LogP contribution in [0.25, 0.3) is 6.08 Å². The van der Waals surface area contributed by atoms with Crippen molar-refractivity contribution >= 4 is 35.3 Å². The van der Waals surface area contributed by atoms with E-state index in [1.807, 2.05) is 51.1 Å². The number of cyclic esters (lactones) is 1. The average molecular weight is 892 g/mol. The summed E-state index contributed by atoms with van der Waals surface area (Å²) in [6, 6.07) is 6.12. The van der Waals surface area contributed by atoms with Crippen LogP contribution in [0.3, 0.4) is 0 Å². The van der Waals surface area contributed by atoms with E-state index >= 15 is 0 Å². The van der Waals surface area contributed by atoms with E-state index in [9.17, 15) is 34.2 Å². The molecule has 3 aliphatic heterocycles. The van der Waals surface area contributed by atoms with E-state index in [0.29, 0.717) is 37.7 Å². The third-order valence-electron chi connectivity index (χ3n) is 13.9. The van der Waals surface area contributed by atoms with Gasteiger partial charge in [-0.15, -0.1) is 0 Å². The smallest absolute Gasteiger partial charge is 0.329 e. The van der Waals surface area contributed by atoms with E-state index in [0.717, 1.165) is 42.4 Å². The first-order valence-electron chi connectivity index (χ1n) is 23.4. The van der Waals surface area contributed by atoms with Gasteiger partial charge in [0, 0.05) is 58.1 Å². The summed E-state index contributed by atoms with van der Waals surface area (Å²) < 4.78 is 30.0. The molecule has 1 unspecified atom stereocenters. The van der Waals surface area contributed by atoms with E-state index in [2.05, 4.69) is 6.08 Å². The number of aliphatic hydroxyl groups excluding tert-OH is 1. The quantitative estimate of drug-likeness (QED) is 0.111. The van der Waals surface area contributed by atoms with Crippen LogP contribution in [0.4, 0.5) is 0 Å². The SMILES string of the molecule is CO[C@H]1CCC[C@@H](/C=C(\C)[C@@H]2C[C@@H](O)CC(=O)C(C/C=C/c3ccc(C(C)=O)cc3)/C=C(\C)C[C@H](C)C[C@H](OC)[C@H]3O[C@@](O)(C(=O)C(=O)N4CCCC[C@H]4C(=O)O2)[C@H](C)C[C@@H]3OC)C1. The highest BCUT2D eigenvalue weighted by atomic mass is 16.7. The summed E-state index contributed by atoms with van der Waals surface area (Å²) in [4.78, 5) is 70.2. The largest absolute Gasteiger partial charge is 0.456 e. The standard InChI is InChI=1S/C51H73NO12/c1-31-23-32(2)25-45(61-7)47-46(62-8)27-34(4)51(59,64-47)48(56)49(57)52-22-10-9-17-42(52)50(58)63-44(33(3)26-37-14-12-16-41(28-37)60-6)30-40(54)29-43(55)39(24-31)15-11-13-36-18-20-38(21-19-36)35(5)53/h11,13,18-21,24,26,32,34,37,39-42,44-47,54,59H,9-10,12,14-17,22-23,25,27-30H2,1-8H3/b13-11+,31-24+,33-26+/t32-,34+,37-,39?,40-,41-,42-,44-,45-,46-,47+,51+/m0/s1. The van der Waals surface area contributed by atoms with Crippen molar-refractivity contribution in [3.8, 4) is 0 Å². The highest BCUT2D eigenvalue weighted by molar-refractivity contribution is 6.39. The van der Waals surface area contributed by atoms with Gasteiger partial charge in [-0.2, -0.15) is 0 Å². The number of esters is 1. The molecule has 1 aromatic carbocycles. The maximum atomic E-state index is 14.3. The van der Waals surface area contributed by atoms with Crippen LogP contribution >= 0.6 is 0 Å². The van der Waals surface area contributed by atoms with Gasteiger partial charge in [0.2, 0.25) is 5.79 Å². The molecular weight excluding hydrogens is 819 g/mol. The number of hydrogen-bond donors (Lipinski definition) is 2. The molecule has 12 atom stereocenters. The molecule has 4 aliphatic rings. The second-order valence-electron chi connectivity index (χ2n) is 19.0. The normalized spacial score (nSPS) is 35.5. The molecule has 3 fully saturated rings. The van der Waals surface area contributed by atoms with Crippen molar-refractivity contribution in [3.05, 3.63) is 64.8 Å². The minimum Gasteiger partial charge on any atom is -0.456 e. The van der Waals surface area contributed by atoms with Gasteiger partial charge in [0.25, 0.3) is 11.7 Å². The van der Waals surface area contributed by atoms with E-state index in [1.54, 1.807) is 26.2 Å². The molecule has 2 N–H and O–H groups in total. The third kappa shape index (κ3) is 13.2. The molecule has 5 rings (SSSR count). The van der Waals surface area contributed by atoms with Gasteiger partial charge in [-0.3, -0.25) is 19.2 Å². The topological polar surface area (TPSA) is 175 Å². The number of rotatable bonds is 9. The lowest BCUT2D eigenvalue weighted by molar-refractivity contribution is -0.302. The van der Waals surface area contributed by atoms with Gasteiger partial charge < -0.3 is 38.8 Å². The Balaban J connectivity index is 1.52. The van der Waals surface area contributed by atoms with E-state index in [1.165, 1.54) is 26.0 Å². The number of ketones is 3. The summed E-state index contributed by atoms with van der Waals surface area (Å²) in [5, 5.41) is 23.8. The molecule has 0 aromatic heterocycles. The molecule has 64 heavy (non-hydrogen) atoms. The van der Waals surface area contributed by atoms with Gasteiger partial charge in [0.1, 0.15) is 24.0 Å². The highest BCUT2D eigenvalue weighted by Crippen LogP contribution is 2.39. The zero-order valence-electron chi connectivity index (χ0n) is 39.3. The monoisotopic (exact) mass is 892 g/mol. The Morgan fingerprint density at radius 3 is 2.27 bits per heavy atom. The number of fused-ring (bicyclic) bond motifs is 3. The highest BCUT2D eigenvalue weighted by Gasteiger charge is 2.56. The Hall–Kier alpha value is -3.85. The summed E-state index contributed by atoms with van der Waals surface area (Å²) >= 11 is 0. The number of amides is 1. The Kier molecular flexibility index (Phi) is 18.8. The molecule has 13 heteroatoms. The summed E-state index contributed by atoms with van der Waals surface area (Å²) in [6.07, 6.45) is 10.1. The second-order valence-corrected chi connectivity index (χ2v) is 19.0. The lowest BCUT2D eigenvalue weighted by Crippen LogP contribution is -2.64. The number of piperidine rings is 1. The van der Waals surface area contributed by atoms with Crippen molar-refractivity contribution in [1.82, 2.24) is 4.90 Å². The summed E-state index contributed by atoms with van der Waals surface area (Å²) in [7, 11) is 4.76. The molecule has 354 valence electrons. The lowest BCUT2D eigenvalue weighted by atomic mass is 9.82. The number of carbonyl (C=O) groups excluding carboxylic acids is 5. The molecule has 2 bridgehead atoms. The third-order valence-corrected chi connectivity index (χ3v) is 13.9. The number of ether oxygens (including phenoxy) is 5. The van der Waals surface area contributed by atoms with E-state index in [-0.39, 0.29) is 61.7 Å². The number of carbonyl (C=O) groups is 5. The van der Waals surface area contributed by atoms with Crippen LogP contribution < -0.4 is 0 Å². The number of nitrogens with zero attached hydrogens (tertiary/aromatic N) is 1. The number of benzene rings is 1. The number of Topliss-reactive ketones (excluding diaryl/α,β-unsaturated/α-hetero) is 3. The van der Waals surface area contributed by atoms with Crippen molar-refractivity contribution in [2.45, 2.75) is 167 Å². The first kappa shape index (κ1) is 51.1. The fourth-order valence-corrected chi connectivity index (χ4v) is 10.1. The van der Waals surface area contributed by atoms with Crippen LogP contribution in [-0.4, -0.2) is 121 Å². The Morgan fingerprint density at radius 1 is 0.891 bits per heavy atom. The zero-order valence-corrected chi connectivity index (χ0v) is 39.3. The Labute approximate surface area is 379 Å². The second kappa shape index (κ2) is 23.6. The predicted molar refractivity (Wildman–Crippen MR) is 242 cm³/mol. The fourth-order valence-electron chi connectivity index (χ4n) is 10.1.